The third-order valence-corrected chi connectivity index (χ3v) is 11.5. The lowest BCUT2D eigenvalue weighted by molar-refractivity contribution is -0.0808. The van der Waals surface area contributed by atoms with Crippen molar-refractivity contribution in [2.45, 2.75) is 122 Å². The Morgan fingerprint density at radius 3 is 2.62 bits per heavy atom. The molecule has 1 saturated carbocycles. The molecule has 4 aliphatic rings. The molecular weight excluding hydrogens is 584 g/mol. The Bertz CT molecular complexity index is 1390. The smallest absolute Gasteiger partial charge is 0.317 e. The van der Waals surface area contributed by atoms with Crippen LogP contribution < -0.4 is 5.32 Å². The highest BCUT2D eigenvalue weighted by Gasteiger charge is 2.57. The van der Waals surface area contributed by atoms with E-state index in [0.29, 0.717) is 55.7 Å². The van der Waals surface area contributed by atoms with Gasteiger partial charge in [0.15, 0.2) is 0 Å². The summed E-state index contributed by atoms with van der Waals surface area (Å²) < 4.78 is 5.94. The van der Waals surface area contributed by atoms with Gasteiger partial charge < -0.3 is 25.2 Å². The topological polar surface area (TPSA) is 99.1 Å². The first-order valence-corrected chi connectivity index (χ1v) is 17.7. The van der Waals surface area contributed by atoms with Crippen molar-refractivity contribution in [1.29, 1.82) is 0 Å². The minimum atomic E-state index is -1.17. The summed E-state index contributed by atoms with van der Waals surface area (Å²) in [5, 5.41) is 26.7. The van der Waals surface area contributed by atoms with Gasteiger partial charge in [-0.3, -0.25) is 4.79 Å². The van der Waals surface area contributed by atoms with Crippen molar-refractivity contribution >= 4 is 23.2 Å². The van der Waals surface area contributed by atoms with E-state index in [4.69, 9.17) is 4.74 Å². The lowest BCUT2D eigenvalue weighted by Gasteiger charge is -2.46. The zero-order valence-electron chi connectivity index (χ0n) is 27.7. The highest BCUT2D eigenvalue weighted by Crippen LogP contribution is 2.59. The number of aliphatic hydroxyl groups is 2. The fourth-order valence-electron chi connectivity index (χ4n) is 7.79. The molecule has 1 aliphatic heterocycles. The van der Waals surface area contributed by atoms with Crippen LogP contribution in [0.5, 0.6) is 0 Å². The third-order valence-electron chi connectivity index (χ3n) is 10.5. The van der Waals surface area contributed by atoms with Crippen LogP contribution in [0.4, 0.5) is 4.79 Å². The fraction of sp³-hybridized carbons (Fsp3) is 0.622. The van der Waals surface area contributed by atoms with Gasteiger partial charge in [-0.2, -0.15) is 0 Å². The van der Waals surface area contributed by atoms with Crippen LogP contribution in [0.25, 0.3) is 0 Å². The Morgan fingerprint density at radius 1 is 1.13 bits per heavy atom. The van der Waals surface area contributed by atoms with Gasteiger partial charge in [0.1, 0.15) is 0 Å². The van der Waals surface area contributed by atoms with Crippen molar-refractivity contribution < 1.29 is 24.5 Å². The number of rotatable bonds is 7. The third kappa shape index (κ3) is 7.56. The molecule has 2 fully saturated rings. The van der Waals surface area contributed by atoms with Crippen LogP contribution in [-0.2, 0) is 11.2 Å². The van der Waals surface area contributed by atoms with Gasteiger partial charge in [-0.25, -0.2) is 4.79 Å². The quantitative estimate of drug-likeness (QED) is 0.226. The molecule has 3 aliphatic carbocycles. The van der Waals surface area contributed by atoms with E-state index in [2.05, 4.69) is 37.4 Å². The molecule has 8 heteroatoms. The second kappa shape index (κ2) is 14.1. The van der Waals surface area contributed by atoms with Crippen molar-refractivity contribution in [1.82, 2.24) is 10.2 Å². The van der Waals surface area contributed by atoms with Crippen molar-refractivity contribution in [3.8, 4) is 0 Å². The monoisotopic (exact) mass is 636 g/mol. The van der Waals surface area contributed by atoms with Crippen molar-refractivity contribution in [2.75, 3.05) is 19.7 Å². The van der Waals surface area contributed by atoms with Gasteiger partial charge in [0, 0.05) is 35.0 Å². The SMILES string of the molecule is CC1=CCC[C@@]2(C)[C@@H](CC[C@@]2(O)CN(C[C@H]2CCCO2)C(=O)NC(C)C)c2ccc(cc2C(=O)c2ccc(C)s2)C[C@@H](O)CC1. The van der Waals surface area contributed by atoms with E-state index in [9.17, 15) is 19.8 Å². The predicted molar refractivity (Wildman–Crippen MR) is 180 cm³/mol. The van der Waals surface area contributed by atoms with Crippen molar-refractivity contribution in [2.24, 2.45) is 5.41 Å². The van der Waals surface area contributed by atoms with Crippen LogP contribution in [0.2, 0.25) is 0 Å². The Morgan fingerprint density at radius 2 is 1.93 bits per heavy atom. The number of thiophene rings is 1. The maximum Gasteiger partial charge on any atom is 0.317 e. The number of aryl methyl sites for hydroxylation is 1. The molecule has 6 rings (SSSR count). The van der Waals surface area contributed by atoms with Crippen LogP contribution >= 0.6 is 11.3 Å². The normalized spacial score (nSPS) is 28.9. The number of ether oxygens (including phenoxy) is 1. The van der Waals surface area contributed by atoms with Gasteiger partial charge in [-0.1, -0.05) is 30.7 Å². The Balaban J connectivity index is 1.57. The summed E-state index contributed by atoms with van der Waals surface area (Å²) in [6.45, 7) is 11.6. The number of fused-ring (bicyclic) bond motifs is 8. The molecule has 45 heavy (non-hydrogen) atoms. The molecule has 0 spiro atoms. The molecule has 7 nitrogen and oxygen atoms in total. The van der Waals surface area contributed by atoms with E-state index in [0.717, 1.165) is 41.7 Å². The largest absolute Gasteiger partial charge is 0.393 e. The number of urea groups is 1. The number of nitrogens with zero attached hydrogens (tertiary/aromatic N) is 1. The minimum Gasteiger partial charge on any atom is -0.393 e. The molecule has 0 radical (unpaired) electrons. The molecule has 2 bridgehead atoms. The van der Waals surface area contributed by atoms with Gasteiger partial charge in [-0.15, -0.1) is 11.3 Å². The Kier molecular flexibility index (Phi) is 10.6. The maximum atomic E-state index is 14.1. The molecule has 2 aromatic rings. The molecule has 3 N–H and O–H groups in total. The summed E-state index contributed by atoms with van der Waals surface area (Å²) in [5.41, 5.74) is 2.03. The van der Waals surface area contributed by atoms with Crippen molar-refractivity contribution in [3.05, 3.63) is 68.4 Å². The molecule has 1 aromatic carbocycles. The number of ketones is 1. The Hall–Kier alpha value is -2.52. The summed E-state index contributed by atoms with van der Waals surface area (Å²) in [4.78, 5) is 31.3. The van der Waals surface area contributed by atoms with Gasteiger partial charge in [0.05, 0.1) is 29.2 Å². The molecule has 0 unspecified atom stereocenters. The molecule has 2 heterocycles. The first-order valence-electron chi connectivity index (χ1n) is 16.9. The summed E-state index contributed by atoms with van der Waals surface area (Å²) in [6.07, 6.45) is 8.28. The number of nitrogens with one attached hydrogen (secondary N) is 1. The van der Waals surface area contributed by atoms with Crippen LogP contribution in [0.3, 0.4) is 0 Å². The number of carbonyl (C=O) groups is 2. The highest BCUT2D eigenvalue weighted by molar-refractivity contribution is 7.14. The number of amides is 2. The molecule has 5 atom stereocenters. The van der Waals surface area contributed by atoms with Gasteiger partial charge in [-0.05, 0) is 121 Å². The number of benzene rings is 1. The predicted octanol–water partition coefficient (Wildman–Crippen LogP) is 6.93. The molecule has 246 valence electrons. The van der Waals surface area contributed by atoms with Gasteiger partial charge >= 0.3 is 6.03 Å². The number of carbonyl (C=O) groups excluding carboxylic acids is 2. The van der Waals surface area contributed by atoms with E-state index in [1.165, 1.54) is 16.9 Å². The second-order valence-corrected chi connectivity index (χ2v) is 15.6. The molecule has 1 aromatic heterocycles. The summed E-state index contributed by atoms with van der Waals surface area (Å²) in [6, 6.07) is 9.80. The van der Waals surface area contributed by atoms with Crippen LogP contribution in [0.1, 0.15) is 116 Å². The standard InChI is InChI=1S/C37H52N2O5S/c1-24(2)38-35(42)39(22-29-9-7-19-44-29)23-37(43)18-16-32-30-14-12-27(21-31(30)34(41)33-15-11-26(4)45-33)20-28(40)13-10-25(3)8-6-17-36(32,37)5/h8,11-12,14-15,21,24,28-29,32,40,43H,6-7,9-10,13,16-20,22-23H2,1-5H3,(H,38,42)/t28-,29+,32-,36-,37+/m0/s1. The van der Waals surface area contributed by atoms with E-state index < -0.39 is 17.1 Å². The van der Waals surface area contributed by atoms with Gasteiger partial charge in [0.2, 0.25) is 5.78 Å². The zero-order chi connectivity index (χ0) is 32.4. The second-order valence-electron chi connectivity index (χ2n) is 14.3. The molecular formula is C37H52N2O5S. The summed E-state index contributed by atoms with van der Waals surface area (Å²) in [7, 11) is 0. The van der Waals surface area contributed by atoms with Crippen LogP contribution in [0, 0.1) is 12.3 Å². The zero-order valence-corrected chi connectivity index (χ0v) is 28.5. The van der Waals surface area contributed by atoms with E-state index in [-0.39, 0.29) is 36.4 Å². The summed E-state index contributed by atoms with van der Waals surface area (Å²) in [5.74, 6) is -0.0905. The number of hydrogen-bond acceptors (Lipinski definition) is 6. The fourth-order valence-corrected chi connectivity index (χ4v) is 8.62. The number of aliphatic hydroxyl groups excluding tert-OH is 1. The highest BCUT2D eigenvalue weighted by atomic mass is 32.1. The molecule has 1 saturated heterocycles. The first-order chi connectivity index (χ1) is 21.4. The minimum absolute atomic E-state index is 0.00335. The maximum absolute atomic E-state index is 14.1. The van der Waals surface area contributed by atoms with Crippen molar-refractivity contribution in [3.63, 3.8) is 0 Å². The van der Waals surface area contributed by atoms with Crippen LogP contribution in [0.15, 0.2) is 42.0 Å². The van der Waals surface area contributed by atoms with E-state index in [1.54, 1.807) is 4.90 Å². The lowest BCUT2D eigenvalue weighted by Crippen LogP contribution is -2.57. The Labute approximate surface area is 273 Å². The average molecular weight is 637 g/mol. The first kappa shape index (κ1) is 33.8. The van der Waals surface area contributed by atoms with E-state index in [1.807, 2.05) is 39.0 Å². The number of hydrogen-bond donors (Lipinski definition) is 3. The van der Waals surface area contributed by atoms with E-state index >= 15 is 0 Å². The van der Waals surface area contributed by atoms with Gasteiger partial charge in [0.25, 0.3) is 0 Å². The summed E-state index contributed by atoms with van der Waals surface area (Å²) >= 11 is 1.50. The molecule has 2 amide bonds. The van der Waals surface area contributed by atoms with Crippen LogP contribution in [-0.4, -0.2) is 70.5 Å². The average Bonchev–Trinajstić information content (AvgIpc) is 3.71. The number of allylic oxidation sites excluding steroid dienone is 2. The lowest BCUT2D eigenvalue weighted by atomic mass is 9.64.